The van der Waals surface area contributed by atoms with Crippen LogP contribution in [-0.4, -0.2) is 64.6 Å². The molecule has 1 aromatic heterocycles. The lowest BCUT2D eigenvalue weighted by molar-refractivity contribution is -0.118. The summed E-state index contributed by atoms with van der Waals surface area (Å²) in [6, 6.07) is 20.1. The molecule has 1 saturated heterocycles. The van der Waals surface area contributed by atoms with Crippen LogP contribution in [0.1, 0.15) is 35.9 Å². The number of sulfonamides is 1. The molecule has 0 spiro atoms. The standard InChI is InChI=1S/C28H29N5O4S2/c1-20(34)29-16-15-27-30-31-28(33(27)25-10-6-8-21-7-2-3-9-24(21)25)38-19-26(35)22-11-13-23(14-12-22)39(36,37)32-17-4-5-18-32/h2-3,6-14H,4-5,15-19H2,1H3,(H,29,34). The molecule has 1 amide bonds. The van der Waals surface area contributed by atoms with Crippen molar-refractivity contribution in [2.24, 2.45) is 0 Å². The number of Topliss-reactive ketones (excluding diaryl/α,β-unsaturated/α-hetero) is 1. The summed E-state index contributed by atoms with van der Waals surface area (Å²) in [6.45, 7) is 2.94. The molecule has 0 atom stereocenters. The first-order valence-corrected chi connectivity index (χ1v) is 15.2. The summed E-state index contributed by atoms with van der Waals surface area (Å²) in [6.07, 6.45) is 2.20. The monoisotopic (exact) mass is 563 g/mol. The zero-order valence-electron chi connectivity index (χ0n) is 21.5. The molecule has 1 aliphatic rings. The molecular weight excluding hydrogens is 534 g/mol. The van der Waals surface area contributed by atoms with E-state index in [0.717, 1.165) is 29.3 Å². The van der Waals surface area contributed by atoms with E-state index in [0.29, 0.717) is 42.6 Å². The molecular formula is C28H29N5O4S2. The number of nitrogens with zero attached hydrogens (tertiary/aromatic N) is 4. The van der Waals surface area contributed by atoms with Gasteiger partial charge in [-0.2, -0.15) is 4.31 Å². The van der Waals surface area contributed by atoms with Gasteiger partial charge < -0.3 is 5.32 Å². The van der Waals surface area contributed by atoms with Crippen molar-refractivity contribution in [3.63, 3.8) is 0 Å². The summed E-state index contributed by atoms with van der Waals surface area (Å²) in [7, 11) is -3.53. The molecule has 202 valence electrons. The molecule has 3 aromatic carbocycles. The van der Waals surface area contributed by atoms with E-state index in [-0.39, 0.29) is 22.3 Å². The summed E-state index contributed by atoms with van der Waals surface area (Å²) in [5.74, 6) is 0.516. The van der Waals surface area contributed by atoms with Crippen molar-refractivity contribution in [2.75, 3.05) is 25.4 Å². The van der Waals surface area contributed by atoms with Crippen LogP contribution in [0.25, 0.3) is 16.5 Å². The van der Waals surface area contributed by atoms with Crippen LogP contribution in [0.4, 0.5) is 0 Å². The van der Waals surface area contributed by atoms with E-state index in [4.69, 9.17) is 0 Å². The fourth-order valence-electron chi connectivity index (χ4n) is 4.66. The molecule has 0 aliphatic carbocycles. The molecule has 1 N–H and O–H groups in total. The Morgan fingerprint density at radius 1 is 0.949 bits per heavy atom. The Labute approximate surface area is 231 Å². The third-order valence-corrected chi connectivity index (χ3v) is 9.48. The summed E-state index contributed by atoms with van der Waals surface area (Å²) >= 11 is 1.27. The Hall–Kier alpha value is -3.54. The zero-order valence-corrected chi connectivity index (χ0v) is 23.2. The molecule has 1 aliphatic heterocycles. The van der Waals surface area contributed by atoms with Crippen LogP contribution in [0.15, 0.2) is 76.8 Å². The molecule has 2 heterocycles. The van der Waals surface area contributed by atoms with Gasteiger partial charge in [-0.3, -0.25) is 14.2 Å². The number of amides is 1. The number of ketones is 1. The predicted molar refractivity (Wildman–Crippen MR) is 151 cm³/mol. The highest BCUT2D eigenvalue weighted by Crippen LogP contribution is 2.29. The summed E-state index contributed by atoms with van der Waals surface area (Å²) < 4.78 is 29.0. The van der Waals surface area contributed by atoms with Gasteiger partial charge in [0.25, 0.3) is 0 Å². The molecule has 39 heavy (non-hydrogen) atoms. The van der Waals surface area contributed by atoms with Crippen molar-refractivity contribution >= 4 is 44.2 Å². The van der Waals surface area contributed by atoms with Gasteiger partial charge >= 0.3 is 0 Å². The van der Waals surface area contributed by atoms with E-state index in [1.54, 1.807) is 12.1 Å². The Balaban J connectivity index is 1.37. The van der Waals surface area contributed by atoms with Crippen LogP contribution in [-0.2, 0) is 21.2 Å². The molecule has 0 bridgehead atoms. The van der Waals surface area contributed by atoms with Gasteiger partial charge in [0, 0.05) is 43.9 Å². The molecule has 4 aromatic rings. The Kier molecular flexibility index (Phi) is 8.10. The number of hydrogen-bond donors (Lipinski definition) is 1. The first-order chi connectivity index (χ1) is 18.8. The lowest BCUT2D eigenvalue weighted by Gasteiger charge is -2.15. The van der Waals surface area contributed by atoms with Gasteiger partial charge in [-0.25, -0.2) is 8.42 Å². The highest BCUT2D eigenvalue weighted by Gasteiger charge is 2.27. The second-order valence-corrected chi connectivity index (χ2v) is 12.2. The largest absolute Gasteiger partial charge is 0.356 e. The first kappa shape index (κ1) is 27.0. The Morgan fingerprint density at radius 2 is 1.67 bits per heavy atom. The van der Waals surface area contributed by atoms with Crippen molar-refractivity contribution in [2.45, 2.75) is 36.2 Å². The van der Waals surface area contributed by atoms with Gasteiger partial charge in [-0.05, 0) is 36.4 Å². The number of carbonyl (C=O) groups is 2. The summed E-state index contributed by atoms with van der Waals surface area (Å²) in [4.78, 5) is 24.7. The van der Waals surface area contributed by atoms with Crippen molar-refractivity contribution in [1.82, 2.24) is 24.4 Å². The van der Waals surface area contributed by atoms with E-state index in [1.807, 2.05) is 47.0 Å². The van der Waals surface area contributed by atoms with Gasteiger partial charge in [-0.1, -0.05) is 60.3 Å². The lowest BCUT2D eigenvalue weighted by atomic mass is 10.1. The molecule has 5 rings (SSSR count). The zero-order chi connectivity index (χ0) is 27.4. The van der Waals surface area contributed by atoms with Crippen LogP contribution in [0.3, 0.4) is 0 Å². The third kappa shape index (κ3) is 5.90. The number of thioether (sulfide) groups is 1. The number of nitrogens with one attached hydrogen (secondary N) is 1. The summed E-state index contributed by atoms with van der Waals surface area (Å²) in [5, 5.41) is 14.2. The topological polar surface area (TPSA) is 114 Å². The number of fused-ring (bicyclic) bond motifs is 1. The van der Waals surface area contributed by atoms with Gasteiger partial charge in [0.05, 0.1) is 16.3 Å². The average Bonchev–Trinajstić information content (AvgIpc) is 3.62. The van der Waals surface area contributed by atoms with Gasteiger partial charge in [-0.15, -0.1) is 10.2 Å². The van der Waals surface area contributed by atoms with Gasteiger partial charge in [0.1, 0.15) is 5.82 Å². The van der Waals surface area contributed by atoms with E-state index >= 15 is 0 Å². The van der Waals surface area contributed by atoms with E-state index in [2.05, 4.69) is 15.5 Å². The van der Waals surface area contributed by atoms with Crippen LogP contribution >= 0.6 is 11.8 Å². The average molecular weight is 564 g/mol. The van der Waals surface area contributed by atoms with Crippen LogP contribution in [0, 0.1) is 0 Å². The number of rotatable bonds is 10. The SMILES string of the molecule is CC(=O)NCCc1nnc(SCC(=O)c2ccc(S(=O)(=O)N3CCCC3)cc2)n1-c1cccc2ccccc12. The molecule has 0 unspecified atom stereocenters. The molecule has 0 radical (unpaired) electrons. The molecule has 11 heteroatoms. The molecule has 1 fully saturated rings. The maximum atomic E-state index is 13.1. The molecule has 0 saturated carbocycles. The number of carbonyl (C=O) groups excluding carboxylic acids is 2. The fraction of sp³-hybridized carbons (Fsp3) is 0.286. The van der Waals surface area contributed by atoms with E-state index in [1.165, 1.54) is 35.1 Å². The van der Waals surface area contributed by atoms with Crippen molar-refractivity contribution in [1.29, 1.82) is 0 Å². The number of aromatic nitrogens is 3. The first-order valence-electron chi connectivity index (χ1n) is 12.8. The maximum Gasteiger partial charge on any atom is 0.243 e. The van der Waals surface area contributed by atoms with Crippen LogP contribution in [0.5, 0.6) is 0 Å². The molecule has 9 nitrogen and oxygen atoms in total. The van der Waals surface area contributed by atoms with Crippen LogP contribution in [0.2, 0.25) is 0 Å². The Bertz CT molecular complexity index is 1610. The van der Waals surface area contributed by atoms with Crippen molar-refractivity contribution in [3.05, 3.63) is 78.1 Å². The third-order valence-electron chi connectivity index (χ3n) is 6.64. The lowest BCUT2D eigenvalue weighted by Crippen LogP contribution is -2.27. The van der Waals surface area contributed by atoms with Crippen molar-refractivity contribution < 1.29 is 18.0 Å². The summed E-state index contributed by atoms with van der Waals surface area (Å²) in [5.41, 5.74) is 1.33. The Morgan fingerprint density at radius 3 is 2.41 bits per heavy atom. The minimum Gasteiger partial charge on any atom is -0.356 e. The quantitative estimate of drug-likeness (QED) is 0.230. The minimum absolute atomic E-state index is 0.104. The maximum absolute atomic E-state index is 13.1. The van der Waals surface area contributed by atoms with Gasteiger partial charge in [0.15, 0.2) is 10.9 Å². The normalized spacial score (nSPS) is 14.1. The second-order valence-electron chi connectivity index (χ2n) is 9.31. The van der Waals surface area contributed by atoms with Crippen molar-refractivity contribution in [3.8, 4) is 5.69 Å². The fourth-order valence-corrected chi connectivity index (χ4v) is 7.03. The highest BCUT2D eigenvalue weighted by atomic mass is 32.2. The minimum atomic E-state index is -3.53. The number of hydrogen-bond acceptors (Lipinski definition) is 7. The number of benzene rings is 3. The highest BCUT2D eigenvalue weighted by molar-refractivity contribution is 7.99. The smallest absolute Gasteiger partial charge is 0.243 e. The predicted octanol–water partition coefficient (Wildman–Crippen LogP) is 3.86. The van der Waals surface area contributed by atoms with Crippen LogP contribution < -0.4 is 5.32 Å². The van der Waals surface area contributed by atoms with E-state index < -0.39 is 10.0 Å². The van der Waals surface area contributed by atoms with Gasteiger partial charge in [0.2, 0.25) is 15.9 Å². The van der Waals surface area contributed by atoms with E-state index in [9.17, 15) is 18.0 Å². The second kappa shape index (κ2) is 11.7.